The van der Waals surface area contributed by atoms with Gasteiger partial charge in [-0.3, -0.25) is 9.48 Å². The van der Waals surface area contributed by atoms with Crippen molar-refractivity contribution in [3.05, 3.63) is 35.5 Å². The topological polar surface area (TPSA) is 110 Å². The summed E-state index contributed by atoms with van der Waals surface area (Å²) in [5.74, 6) is -0.567. The number of carboxylic acid groups (broad SMARTS) is 1. The van der Waals surface area contributed by atoms with Gasteiger partial charge in [0.25, 0.3) is 5.91 Å². The Morgan fingerprint density at radius 3 is 2.76 bits per heavy atom. The SMILES string of the molecule is Cc1cnn(Cc2cc(C(=O)NC3(C(=O)O)CCC(C)CC3)no2)c1. The summed E-state index contributed by atoms with van der Waals surface area (Å²) in [4.78, 5) is 24.2. The van der Waals surface area contributed by atoms with Crippen molar-refractivity contribution in [3.63, 3.8) is 0 Å². The highest BCUT2D eigenvalue weighted by Crippen LogP contribution is 2.32. The molecule has 1 amide bonds. The smallest absolute Gasteiger partial charge is 0.329 e. The quantitative estimate of drug-likeness (QED) is 0.856. The van der Waals surface area contributed by atoms with E-state index < -0.39 is 17.4 Å². The Hall–Kier alpha value is -2.64. The predicted octanol–water partition coefficient (Wildman–Crippen LogP) is 1.99. The number of carboxylic acids is 1. The van der Waals surface area contributed by atoms with E-state index in [0.717, 1.165) is 18.4 Å². The molecular formula is C17H22N4O4. The van der Waals surface area contributed by atoms with Crippen LogP contribution in [0.2, 0.25) is 0 Å². The molecule has 0 unspecified atom stereocenters. The number of amides is 1. The van der Waals surface area contributed by atoms with Gasteiger partial charge in [-0.25, -0.2) is 4.79 Å². The van der Waals surface area contributed by atoms with Crippen LogP contribution in [0.5, 0.6) is 0 Å². The normalized spacial score (nSPS) is 23.4. The lowest BCUT2D eigenvalue weighted by atomic mass is 9.77. The maximum absolute atomic E-state index is 12.5. The van der Waals surface area contributed by atoms with Crippen LogP contribution in [0.15, 0.2) is 23.0 Å². The highest BCUT2D eigenvalue weighted by molar-refractivity contribution is 5.96. The molecule has 0 spiro atoms. The molecule has 25 heavy (non-hydrogen) atoms. The molecule has 0 bridgehead atoms. The highest BCUT2D eigenvalue weighted by atomic mass is 16.5. The first-order valence-corrected chi connectivity index (χ1v) is 8.38. The molecule has 0 aliphatic heterocycles. The lowest BCUT2D eigenvalue weighted by Gasteiger charge is -2.36. The van der Waals surface area contributed by atoms with Crippen molar-refractivity contribution in [2.75, 3.05) is 0 Å². The summed E-state index contributed by atoms with van der Waals surface area (Å²) in [6.45, 7) is 4.38. The zero-order chi connectivity index (χ0) is 18.0. The molecule has 2 heterocycles. The fourth-order valence-corrected chi connectivity index (χ4v) is 3.14. The van der Waals surface area contributed by atoms with Gasteiger partial charge in [0, 0.05) is 12.3 Å². The van der Waals surface area contributed by atoms with Gasteiger partial charge in [0.15, 0.2) is 11.5 Å². The summed E-state index contributed by atoms with van der Waals surface area (Å²) in [7, 11) is 0. The standard InChI is InChI=1S/C17H22N4O4/c1-11-3-5-17(6-4-11,16(23)24)19-15(22)14-7-13(25-20-14)10-21-9-12(2)8-18-21/h7-9,11H,3-6,10H2,1-2H3,(H,19,22)(H,23,24). The number of nitrogens with one attached hydrogen (secondary N) is 1. The number of nitrogens with zero attached hydrogens (tertiary/aromatic N) is 3. The van der Waals surface area contributed by atoms with E-state index in [0.29, 0.717) is 31.1 Å². The molecule has 1 fully saturated rings. The summed E-state index contributed by atoms with van der Waals surface area (Å²) in [6.07, 6.45) is 5.97. The molecule has 1 aliphatic rings. The average molecular weight is 346 g/mol. The molecule has 134 valence electrons. The molecule has 1 saturated carbocycles. The summed E-state index contributed by atoms with van der Waals surface area (Å²) in [5.41, 5.74) is -0.118. The van der Waals surface area contributed by atoms with Crippen LogP contribution in [-0.2, 0) is 11.3 Å². The van der Waals surface area contributed by atoms with Crippen molar-refractivity contribution in [3.8, 4) is 0 Å². The second kappa shape index (κ2) is 6.70. The fraction of sp³-hybridized carbons (Fsp3) is 0.529. The Morgan fingerprint density at radius 2 is 2.16 bits per heavy atom. The summed E-state index contributed by atoms with van der Waals surface area (Å²) in [5, 5.41) is 20.2. The summed E-state index contributed by atoms with van der Waals surface area (Å²) >= 11 is 0. The minimum atomic E-state index is -1.22. The van der Waals surface area contributed by atoms with E-state index in [2.05, 4.69) is 22.5 Å². The minimum absolute atomic E-state index is 0.0816. The Kier molecular flexibility index (Phi) is 4.61. The number of rotatable bonds is 5. The van der Waals surface area contributed by atoms with Crippen molar-refractivity contribution in [1.82, 2.24) is 20.3 Å². The number of hydrogen-bond donors (Lipinski definition) is 2. The van der Waals surface area contributed by atoms with Gasteiger partial charge in [0.2, 0.25) is 0 Å². The van der Waals surface area contributed by atoms with Crippen molar-refractivity contribution in [1.29, 1.82) is 0 Å². The molecule has 8 nitrogen and oxygen atoms in total. The van der Waals surface area contributed by atoms with E-state index in [9.17, 15) is 14.7 Å². The lowest BCUT2D eigenvalue weighted by Crippen LogP contribution is -2.56. The van der Waals surface area contributed by atoms with Gasteiger partial charge in [-0.2, -0.15) is 5.10 Å². The predicted molar refractivity (Wildman–Crippen MR) is 88.0 cm³/mol. The van der Waals surface area contributed by atoms with Gasteiger partial charge < -0.3 is 14.9 Å². The number of aryl methyl sites for hydroxylation is 1. The number of carbonyl (C=O) groups excluding carboxylic acids is 1. The molecule has 0 atom stereocenters. The van der Waals surface area contributed by atoms with Crippen LogP contribution in [-0.4, -0.2) is 37.5 Å². The Balaban J connectivity index is 1.69. The molecule has 2 aromatic heterocycles. The van der Waals surface area contributed by atoms with Crippen LogP contribution >= 0.6 is 0 Å². The van der Waals surface area contributed by atoms with Crippen molar-refractivity contribution >= 4 is 11.9 Å². The summed E-state index contributed by atoms with van der Waals surface area (Å²) < 4.78 is 6.86. The van der Waals surface area contributed by atoms with Crippen LogP contribution in [0.4, 0.5) is 0 Å². The zero-order valence-electron chi connectivity index (χ0n) is 14.4. The third-order valence-corrected chi connectivity index (χ3v) is 4.76. The summed E-state index contributed by atoms with van der Waals surface area (Å²) in [6, 6.07) is 1.52. The maximum Gasteiger partial charge on any atom is 0.329 e. The molecule has 2 N–H and O–H groups in total. The van der Waals surface area contributed by atoms with Gasteiger partial charge in [0.05, 0.1) is 6.20 Å². The van der Waals surface area contributed by atoms with Crippen molar-refractivity contribution in [2.45, 2.75) is 51.6 Å². The maximum atomic E-state index is 12.5. The lowest BCUT2D eigenvalue weighted by molar-refractivity contribution is -0.146. The minimum Gasteiger partial charge on any atom is -0.480 e. The first-order chi connectivity index (χ1) is 11.9. The van der Waals surface area contributed by atoms with E-state index in [-0.39, 0.29) is 5.69 Å². The molecule has 1 aliphatic carbocycles. The number of aliphatic carboxylic acids is 1. The van der Waals surface area contributed by atoms with E-state index in [1.54, 1.807) is 10.9 Å². The van der Waals surface area contributed by atoms with E-state index in [1.807, 2.05) is 13.1 Å². The third-order valence-electron chi connectivity index (χ3n) is 4.76. The number of hydrogen-bond acceptors (Lipinski definition) is 5. The second-order valence-corrected chi connectivity index (χ2v) is 6.92. The molecule has 0 saturated heterocycles. The highest BCUT2D eigenvalue weighted by Gasteiger charge is 2.43. The molecule has 8 heteroatoms. The zero-order valence-corrected chi connectivity index (χ0v) is 14.4. The molecule has 2 aromatic rings. The van der Waals surface area contributed by atoms with E-state index in [4.69, 9.17) is 4.52 Å². The van der Waals surface area contributed by atoms with Gasteiger partial charge >= 0.3 is 5.97 Å². The Labute approximate surface area is 145 Å². The van der Waals surface area contributed by atoms with E-state index >= 15 is 0 Å². The third kappa shape index (κ3) is 3.72. The van der Waals surface area contributed by atoms with Gasteiger partial charge in [0.1, 0.15) is 12.1 Å². The fourth-order valence-electron chi connectivity index (χ4n) is 3.14. The van der Waals surface area contributed by atoms with Crippen molar-refractivity contribution < 1.29 is 19.2 Å². The molecule has 3 rings (SSSR count). The van der Waals surface area contributed by atoms with Crippen LogP contribution in [0, 0.1) is 12.8 Å². The number of carbonyl (C=O) groups is 2. The first kappa shape index (κ1) is 17.2. The van der Waals surface area contributed by atoms with Gasteiger partial charge in [-0.05, 0) is 44.1 Å². The van der Waals surface area contributed by atoms with Gasteiger partial charge in [-0.1, -0.05) is 12.1 Å². The number of aromatic nitrogens is 3. The Bertz CT molecular complexity index is 771. The van der Waals surface area contributed by atoms with Gasteiger partial charge in [-0.15, -0.1) is 0 Å². The van der Waals surface area contributed by atoms with Crippen LogP contribution in [0.3, 0.4) is 0 Å². The van der Waals surface area contributed by atoms with Crippen LogP contribution < -0.4 is 5.32 Å². The van der Waals surface area contributed by atoms with Crippen molar-refractivity contribution in [2.24, 2.45) is 5.92 Å². The first-order valence-electron chi connectivity index (χ1n) is 8.38. The van der Waals surface area contributed by atoms with E-state index in [1.165, 1.54) is 6.07 Å². The van der Waals surface area contributed by atoms with Crippen LogP contribution in [0.25, 0.3) is 0 Å². The average Bonchev–Trinajstić information content (AvgIpc) is 3.19. The largest absolute Gasteiger partial charge is 0.480 e. The second-order valence-electron chi connectivity index (χ2n) is 6.92. The molecule has 0 aromatic carbocycles. The van der Waals surface area contributed by atoms with Crippen LogP contribution in [0.1, 0.15) is 54.4 Å². The Morgan fingerprint density at radius 1 is 1.44 bits per heavy atom. The monoisotopic (exact) mass is 346 g/mol. The molecular weight excluding hydrogens is 324 g/mol. The molecule has 0 radical (unpaired) electrons.